The molecular formula is C21H26O7. The van der Waals surface area contributed by atoms with Crippen molar-refractivity contribution in [3.8, 4) is 5.75 Å². The first-order chi connectivity index (χ1) is 13.6. The summed E-state index contributed by atoms with van der Waals surface area (Å²) in [5.41, 5.74) is 2.10. The van der Waals surface area contributed by atoms with Crippen molar-refractivity contribution in [3.63, 3.8) is 0 Å². The van der Waals surface area contributed by atoms with Crippen LogP contribution in [0.1, 0.15) is 11.1 Å². The Balaban J connectivity index is 1.45. The van der Waals surface area contributed by atoms with E-state index in [-0.39, 0.29) is 6.61 Å². The van der Waals surface area contributed by atoms with Crippen molar-refractivity contribution < 1.29 is 34.6 Å². The molecule has 2 aromatic rings. The third-order valence-corrected chi connectivity index (χ3v) is 4.72. The molecule has 1 saturated heterocycles. The van der Waals surface area contributed by atoms with Crippen molar-refractivity contribution in [3.05, 3.63) is 65.7 Å². The molecule has 0 unspecified atom stereocenters. The Morgan fingerprint density at radius 2 is 1.57 bits per heavy atom. The first-order valence-corrected chi connectivity index (χ1v) is 9.26. The van der Waals surface area contributed by atoms with Gasteiger partial charge in [0.25, 0.3) is 0 Å². The van der Waals surface area contributed by atoms with Crippen molar-refractivity contribution in [2.45, 2.75) is 43.7 Å². The van der Waals surface area contributed by atoms with Gasteiger partial charge in [-0.05, 0) is 29.7 Å². The number of ether oxygens (including phenoxy) is 3. The third-order valence-electron chi connectivity index (χ3n) is 4.72. The number of aliphatic hydroxyl groups excluding tert-OH is 4. The van der Waals surface area contributed by atoms with Crippen LogP contribution in [0.5, 0.6) is 5.75 Å². The third kappa shape index (κ3) is 5.29. The van der Waals surface area contributed by atoms with Crippen LogP contribution >= 0.6 is 0 Å². The fraction of sp³-hybridized carbons (Fsp3) is 0.429. The van der Waals surface area contributed by atoms with Crippen molar-refractivity contribution >= 4 is 0 Å². The standard InChI is InChI=1S/C21H26O7/c22-12-17-18(23)19(24)20(21(25)28-17)26-11-10-14-6-8-16(9-7-14)27-13-15-4-2-1-3-5-15/h1-9,17-25H,10-13H2/t17-,18-,19+,20-,21+/m1/s1. The Bertz CT molecular complexity index is 706. The molecular weight excluding hydrogens is 364 g/mol. The molecule has 0 aromatic heterocycles. The van der Waals surface area contributed by atoms with E-state index in [0.717, 1.165) is 16.9 Å². The fourth-order valence-electron chi connectivity index (χ4n) is 3.06. The molecule has 1 heterocycles. The molecule has 2 aromatic carbocycles. The minimum absolute atomic E-state index is 0.225. The summed E-state index contributed by atoms with van der Waals surface area (Å²) in [4.78, 5) is 0. The van der Waals surface area contributed by atoms with Gasteiger partial charge >= 0.3 is 0 Å². The van der Waals surface area contributed by atoms with E-state index >= 15 is 0 Å². The highest BCUT2D eigenvalue weighted by atomic mass is 16.7. The van der Waals surface area contributed by atoms with Crippen LogP contribution in [0.2, 0.25) is 0 Å². The van der Waals surface area contributed by atoms with Gasteiger partial charge in [-0.2, -0.15) is 0 Å². The molecule has 28 heavy (non-hydrogen) atoms. The second kappa shape index (κ2) is 9.97. The van der Waals surface area contributed by atoms with Crippen molar-refractivity contribution in [2.75, 3.05) is 13.2 Å². The number of hydrogen-bond acceptors (Lipinski definition) is 7. The Hall–Kier alpha value is -2.00. The quantitative estimate of drug-likeness (QED) is 0.523. The van der Waals surface area contributed by atoms with Crippen LogP contribution < -0.4 is 4.74 Å². The maximum absolute atomic E-state index is 10.1. The van der Waals surface area contributed by atoms with Gasteiger partial charge in [-0.1, -0.05) is 42.5 Å². The summed E-state index contributed by atoms with van der Waals surface area (Å²) in [6.45, 7) is 0.224. The molecule has 1 fully saturated rings. The summed E-state index contributed by atoms with van der Waals surface area (Å²) >= 11 is 0. The van der Waals surface area contributed by atoms with Gasteiger partial charge in [0.05, 0.1) is 13.2 Å². The normalized spacial score (nSPS) is 27.5. The van der Waals surface area contributed by atoms with Crippen LogP contribution in [0, 0.1) is 0 Å². The minimum atomic E-state index is -1.41. The van der Waals surface area contributed by atoms with Crippen LogP contribution in [0.4, 0.5) is 0 Å². The summed E-state index contributed by atoms with van der Waals surface area (Å²) in [6.07, 6.45) is -5.63. The zero-order chi connectivity index (χ0) is 19.9. The van der Waals surface area contributed by atoms with Crippen LogP contribution in [0.3, 0.4) is 0 Å². The topological polar surface area (TPSA) is 109 Å². The lowest BCUT2D eigenvalue weighted by atomic mass is 9.99. The van der Waals surface area contributed by atoms with Crippen LogP contribution in [0.15, 0.2) is 54.6 Å². The van der Waals surface area contributed by atoms with Crippen molar-refractivity contribution in [2.24, 2.45) is 0 Å². The molecule has 0 bridgehead atoms. The molecule has 4 N–H and O–H groups in total. The molecule has 5 atom stereocenters. The fourth-order valence-corrected chi connectivity index (χ4v) is 3.06. The molecule has 0 spiro atoms. The smallest absolute Gasteiger partial charge is 0.184 e. The van der Waals surface area contributed by atoms with E-state index < -0.39 is 37.3 Å². The minimum Gasteiger partial charge on any atom is -0.489 e. The monoisotopic (exact) mass is 390 g/mol. The highest BCUT2D eigenvalue weighted by molar-refractivity contribution is 5.28. The number of hydrogen-bond donors (Lipinski definition) is 4. The summed E-state index contributed by atoms with van der Waals surface area (Å²) in [5.74, 6) is 0.762. The van der Waals surface area contributed by atoms with Crippen molar-refractivity contribution in [1.82, 2.24) is 0 Å². The van der Waals surface area contributed by atoms with Gasteiger partial charge in [0.2, 0.25) is 0 Å². The Kier molecular flexibility index (Phi) is 7.38. The SMILES string of the molecule is OC[C@H]1O[C@H](O)[C@H](OCCc2ccc(OCc3ccccc3)cc2)[C@@H](O)[C@@H]1O. The molecule has 1 aliphatic rings. The molecule has 0 saturated carbocycles. The zero-order valence-corrected chi connectivity index (χ0v) is 15.4. The van der Waals surface area contributed by atoms with E-state index in [1.54, 1.807) is 0 Å². The summed E-state index contributed by atoms with van der Waals surface area (Å²) < 4.78 is 16.3. The maximum atomic E-state index is 10.1. The van der Waals surface area contributed by atoms with Gasteiger partial charge in [0, 0.05) is 0 Å². The second-order valence-corrected chi connectivity index (χ2v) is 6.73. The highest BCUT2D eigenvalue weighted by Gasteiger charge is 2.44. The average molecular weight is 390 g/mol. The van der Waals surface area contributed by atoms with Crippen molar-refractivity contribution in [1.29, 1.82) is 0 Å². The molecule has 7 heteroatoms. The van der Waals surface area contributed by atoms with Gasteiger partial charge in [0.1, 0.15) is 36.8 Å². The predicted molar refractivity (Wildman–Crippen MR) is 101 cm³/mol. The zero-order valence-electron chi connectivity index (χ0n) is 15.4. The molecule has 0 aliphatic carbocycles. The summed E-state index contributed by atoms with van der Waals surface area (Å²) in [7, 11) is 0. The lowest BCUT2D eigenvalue weighted by Crippen LogP contribution is -2.59. The number of aliphatic hydroxyl groups is 4. The predicted octanol–water partition coefficient (Wildman–Crippen LogP) is 0.625. The molecule has 152 valence electrons. The molecule has 1 aliphatic heterocycles. The molecule has 0 amide bonds. The van der Waals surface area contributed by atoms with E-state index in [1.165, 1.54) is 0 Å². The lowest BCUT2D eigenvalue weighted by Gasteiger charge is -2.39. The van der Waals surface area contributed by atoms with E-state index in [0.29, 0.717) is 13.0 Å². The maximum Gasteiger partial charge on any atom is 0.184 e. The van der Waals surface area contributed by atoms with Gasteiger partial charge in [-0.3, -0.25) is 0 Å². The Morgan fingerprint density at radius 1 is 0.857 bits per heavy atom. The van der Waals surface area contributed by atoms with E-state index in [4.69, 9.17) is 19.3 Å². The largest absolute Gasteiger partial charge is 0.489 e. The van der Waals surface area contributed by atoms with Crippen LogP contribution in [0.25, 0.3) is 0 Å². The number of benzene rings is 2. The first-order valence-electron chi connectivity index (χ1n) is 9.26. The average Bonchev–Trinajstić information content (AvgIpc) is 2.73. The van der Waals surface area contributed by atoms with Crippen LogP contribution in [-0.4, -0.2) is 64.3 Å². The summed E-state index contributed by atoms with van der Waals surface area (Å²) in [6, 6.07) is 17.5. The molecule has 0 radical (unpaired) electrons. The van der Waals surface area contributed by atoms with Crippen LogP contribution in [-0.2, 0) is 22.5 Å². The second-order valence-electron chi connectivity index (χ2n) is 6.73. The summed E-state index contributed by atoms with van der Waals surface area (Å²) in [5, 5.41) is 38.9. The van der Waals surface area contributed by atoms with E-state index in [2.05, 4.69) is 0 Å². The lowest BCUT2D eigenvalue weighted by molar-refractivity contribution is -0.296. The molecule has 7 nitrogen and oxygen atoms in total. The van der Waals surface area contributed by atoms with Gasteiger partial charge in [-0.25, -0.2) is 0 Å². The first kappa shape index (κ1) is 20.7. The van der Waals surface area contributed by atoms with E-state index in [1.807, 2.05) is 54.6 Å². The Labute approximate surface area is 163 Å². The van der Waals surface area contributed by atoms with E-state index in [9.17, 15) is 15.3 Å². The van der Waals surface area contributed by atoms with Gasteiger partial charge < -0.3 is 34.6 Å². The highest BCUT2D eigenvalue weighted by Crippen LogP contribution is 2.22. The van der Waals surface area contributed by atoms with Gasteiger partial charge in [0.15, 0.2) is 6.29 Å². The number of rotatable bonds is 8. The molecule has 3 rings (SSSR count). The van der Waals surface area contributed by atoms with Gasteiger partial charge in [-0.15, -0.1) is 0 Å². The Morgan fingerprint density at radius 3 is 2.25 bits per heavy atom.